The largest absolute Gasteiger partial charge is 0.452 e. The van der Waals surface area contributed by atoms with Gasteiger partial charge < -0.3 is 14.8 Å². The van der Waals surface area contributed by atoms with Gasteiger partial charge in [-0.25, -0.2) is 4.79 Å². The third-order valence-electron chi connectivity index (χ3n) is 3.39. The van der Waals surface area contributed by atoms with Crippen molar-refractivity contribution in [3.8, 4) is 16.9 Å². The van der Waals surface area contributed by atoms with Crippen LogP contribution in [0.4, 0.5) is 13.2 Å². The summed E-state index contributed by atoms with van der Waals surface area (Å²) in [5, 5.41) is 1.60. The molecular formula is C19H16F3NO5. The molecule has 9 heteroatoms. The van der Waals surface area contributed by atoms with Gasteiger partial charge in [0.1, 0.15) is 12.3 Å². The summed E-state index contributed by atoms with van der Waals surface area (Å²) < 4.78 is 45.6. The highest BCUT2D eigenvalue weighted by Crippen LogP contribution is 2.23. The van der Waals surface area contributed by atoms with E-state index in [0.29, 0.717) is 5.75 Å². The number of ether oxygens (including phenoxy) is 2. The van der Waals surface area contributed by atoms with E-state index in [1.807, 2.05) is 0 Å². The van der Waals surface area contributed by atoms with Crippen LogP contribution in [-0.2, 0) is 14.3 Å². The van der Waals surface area contributed by atoms with Gasteiger partial charge in [-0.3, -0.25) is 9.59 Å². The predicted molar refractivity (Wildman–Crippen MR) is 92.5 cm³/mol. The predicted octanol–water partition coefficient (Wildman–Crippen LogP) is 3.11. The normalized spacial score (nSPS) is 10.9. The Morgan fingerprint density at radius 3 is 1.96 bits per heavy atom. The van der Waals surface area contributed by atoms with Crippen LogP contribution in [-0.4, -0.2) is 37.2 Å². The lowest BCUT2D eigenvalue weighted by atomic mass is 10.0. The second kappa shape index (κ2) is 9.03. The zero-order chi connectivity index (χ0) is 20.7. The molecule has 1 amide bonds. The highest BCUT2D eigenvalue weighted by molar-refractivity contribution is 5.91. The number of benzene rings is 2. The van der Waals surface area contributed by atoms with Gasteiger partial charge >= 0.3 is 18.1 Å². The first kappa shape index (κ1) is 20.9. The van der Waals surface area contributed by atoms with Crippen molar-refractivity contribution < 1.29 is 37.0 Å². The molecule has 0 aliphatic heterocycles. The molecule has 1 N–H and O–H groups in total. The number of carbonyl (C=O) groups excluding carboxylic acids is 3. The van der Waals surface area contributed by atoms with Crippen molar-refractivity contribution in [3.05, 3.63) is 54.1 Å². The van der Waals surface area contributed by atoms with Crippen LogP contribution < -0.4 is 10.1 Å². The van der Waals surface area contributed by atoms with E-state index < -0.39 is 37.2 Å². The third-order valence-corrected chi connectivity index (χ3v) is 3.39. The van der Waals surface area contributed by atoms with Crippen LogP contribution in [0, 0.1) is 0 Å². The maximum atomic E-state index is 12.0. The molecule has 0 bridgehead atoms. The Bertz CT molecular complexity index is 845. The lowest BCUT2D eigenvalue weighted by Crippen LogP contribution is -2.36. The number of amides is 1. The number of esters is 2. The Morgan fingerprint density at radius 2 is 1.46 bits per heavy atom. The molecule has 0 unspecified atom stereocenters. The number of rotatable bonds is 6. The van der Waals surface area contributed by atoms with Crippen LogP contribution in [0.25, 0.3) is 11.1 Å². The maximum Gasteiger partial charge on any atom is 0.405 e. The molecule has 6 nitrogen and oxygen atoms in total. The van der Waals surface area contributed by atoms with Gasteiger partial charge in [-0.2, -0.15) is 13.2 Å². The van der Waals surface area contributed by atoms with E-state index in [4.69, 9.17) is 4.74 Å². The second-order valence-corrected chi connectivity index (χ2v) is 5.66. The Balaban J connectivity index is 1.91. The van der Waals surface area contributed by atoms with E-state index in [2.05, 4.69) is 4.74 Å². The van der Waals surface area contributed by atoms with Crippen LogP contribution in [0.3, 0.4) is 0 Å². The third kappa shape index (κ3) is 6.75. The van der Waals surface area contributed by atoms with Crippen molar-refractivity contribution in [2.24, 2.45) is 0 Å². The monoisotopic (exact) mass is 395 g/mol. The lowest BCUT2D eigenvalue weighted by molar-refractivity contribution is -0.140. The molecule has 2 aromatic rings. The zero-order valence-electron chi connectivity index (χ0n) is 14.7. The summed E-state index contributed by atoms with van der Waals surface area (Å²) >= 11 is 0. The molecule has 0 saturated heterocycles. The number of carbonyl (C=O) groups is 3. The van der Waals surface area contributed by atoms with Gasteiger partial charge in [0.05, 0.1) is 5.56 Å². The first-order valence-corrected chi connectivity index (χ1v) is 8.03. The van der Waals surface area contributed by atoms with Crippen molar-refractivity contribution in [2.75, 3.05) is 13.2 Å². The van der Waals surface area contributed by atoms with Gasteiger partial charge in [0.2, 0.25) is 0 Å². The van der Waals surface area contributed by atoms with Crippen LogP contribution in [0.2, 0.25) is 0 Å². The molecule has 0 heterocycles. The summed E-state index contributed by atoms with van der Waals surface area (Å²) in [5.41, 5.74) is 1.72. The first-order chi connectivity index (χ1) is 13.1. The minimum Gasteiger partial charge on any atom is -0.452 e. The summed E-state index contributed by atoms with van der Waals surface area (Å²) in [6.45, 7) is -1.01. The molecule has 0 radical (unpaired) electrons. The highest BCUT2D eigenvalue weighted by atomic mass is 19.4. The molecule has 0 saturated carbocycles. The summed E-state index contributed by atoms with van der Waals surface area (Å²) in [6.07, 6.45) is -4.54. The van der Waals surface area contributed by atoms with Crippen LogP contribution in [0.15, 0.2) is 48.5 Å². The quantitative estimate of drug-likeness (QED) is 0.600. The molecule has 0 atom stereocenters. The average molecular weight is 395 g/mol. The molecule has 0 aliphatic rings. The van der Waals surface area contributed by atoms with Crippen molar-refractivity contribution in [1.82, 2.24) is 5.32 Å². The fourth-order valence-electron chi connectivity index (χ4n) is 2.14. The summed E-state index contributed by atoms with van der Waals surface area (Å²) in [6, 6.07) is 12.9. The Labute approximate surface area is 158 Å². The number of hydrogen-bond donors (Lipinski definition) is 1. The van der Waals surface area contributed by atoms with Gasteiger partial charge in [0.25, 0.3) is 5.91 Å². The van der Waals surface area contributed by atoms with Gasteiger partial charge in [0, 0.05) is 6.92 Å². The molecule has 0 aliphatic carbocycles. The first-order valence-electron chi connectivity index (χ1n) is 8.03. The van der Waals surface area contributed by atoms with Gasteiger partial charge in [0.15, 0.2) is 6.61 Å². The topological polar surface area (TPSA) is 81.7 Å². The summed E-state index contributed by atoms with van der Waals surface area (Å²) in [5.74, 6) is -1.91. The number of halogens is 3. The zero-order valence-corrected chi connectivity index (χ0v) is 14.7. The Hall–Kier alpha value is -3.36. The SMILES string of the molecule is CC(=O)Oc1ccc(-c2ccc(C(=O)OCC(=O)NCC(F)(F)F)cc2)cc1. The molecule has 2 aromatic carbocycles. The van der Waals surface area contributed by atoms with Gasteiger partial charge in [-0.15, -0.1) is 0 Å². The molecule has 0 spiro atoms. The Morgan fingerprint density at radius 1 is 0.929 bits per heavy atom. The standard InChI is InChI=1S/C19H16F3NO5/c1-12(24)28-16-8-6-14(7-9-16)13-2-4-15(5-3-13)18(26)27-10-17(25)23-11-19(20,21)22/h2-9H,10-11H2,1H3,(H,23,25). The van der Waals surface area contributed by atoms with Crippen molar-refractivity contribution >= 4 is 17.8 Å². The van der Waals surface area contributed by atoms with E-state index in [0.717, 1.165) is 11.1 Å². The molecule has 148 valence electrons. The molecule has 2 rings (SSSR count). The van der Waals surface area contributed by atoms with E-state index in [9.17, 15) is 27.6 Å². The van der Waals surface area contributed by atoms with E-state index in [1.54, 1.807) is 41.7 Å². The molecular weight excluding hydrogens is 379 g/mol. The van der Waals surface area contributed by atoms with Gasteiger partial charge in [-0.1, -0.05) is 24.3 Å². The van der Waals surface area contributed by atoms with E-state index in [1.165, 1.54) is 19.1 Å². The van der Waals surface area contributed by atoms with Crippen molar-refractivity contribution in [1.29, 1.82) is 0 Å². The van der Waals surface area contributed by atoms with Crippen LogP contribution in [0.5, 0.6) is 5.75 Å². The minimum absolute atomic E-state index is 0.143. The highest BCUT2D eigenvalue weighted by Gasteiger charge is 2.27. The van der Waals surface area contributed by atoms with Crippen molar-refractivity contribution in [2.45, 2.75) is 13.1 Å². The lowest BCUT2D eigenvalue weighted by Gasteiger charge is -2.09. The molecule has 0 fully saturated rings. The number of hydrogen-bond acceptors (Lipinski definition) is 5. The molecule has 0 aromatic heterocycles. The Kier molecular flexibility index (Phi) is 6.75. The van der Waals surface area contributed by atoms with Crippen LogP contribution in [0.1, 0.15) is 17.3 Å². The second-order valence-electron chi connectivity index (χ2n) is 5.66. The van der Waals surface area contributed by atoms with E-state index >= 15 is 0 Å². The fraction of sp³-hybridized carbons (Fsp3) is 0.211. The van der Waals surface area contributed by atoms with Crippen molar-refractivity contribution in [3.63, 3.8) is 0 Å². The number of nitrogens with one attached hydrogen (secondary N) is 1. The maximum absolute atomic E-state index is 12.0. The van der Waals surface area contributed by atoms with Gasteiger partial charge in [-0.05, 0) is 35.4 Å². The van der Waals surface area contributed by atoms with E-state index in [-0.39, 0.29) is 5.56 Å². The fourth-order valence-corrected chi connectivity index (χ4v) is 2.14. The summed E-state index contributed by atoms with van der Waals surface area (Å²) in [7, 11) is 0. The minimum atomic E-state index is -4.54. The summed E-state index contributed by atoms with van der Waals surface area (Å²) in [4.78, 5) is 34.0. The number of alkyl halides is 3. The van der Waals surface area contributed by atoms with Crippen LogP contribution >= 0.6 is 0 Å². The molecule has 28 heavy (non-hydrogen) atoms. The average Bonchev–Trinajstić information content (AvgIpc) is 2.64. The smallest absolute Gasteiger partial charge is 0.405 e.